The smallest absolute Gasteiger partial charge is 0.277 e. The lowest BCUT2D eigenvalue weighted by Crippen LogP contribution is -2.58. The lowest BCUT2D eigenvalue weighted by Gasteiger charge is -2.42. The van der Waals surface area contributed by atoms with E-state index >= 15 is 0 Å². The summed E-state index contributed by atoms with van der Waals surface area (Å²) in [6, 6.07) is -0.226. The number of hydrogen-bond donors (Lipinski definition) is 1. The summed E-state index contributed by atoms with van der Waals surface area (Å²) >= 11 is 0. The fourth-order valence-electron chi connectivity index (χ4n) is 1.41. The van der Waals surface area contributed by atoms with E-state index < -0.39 is 15.8 Å². The number of morpholine rings is 1. The number of ether oxygens (including phenoxy) is 1. The van der Waals surface area contributed by atoms with Gasteiger partial charge in [0.15, 0.2) is 0 Å². The van der Waals surface area contributed by atoms with Crippen LogP contribution in [0.4, 0.5) is 0 Å². The van der Waals surface area contributed by atoms with Crippen molar-refractivity contribution >= 4 is 10.2 Å². The zero-order chi connectivity index (χ0) is 10.3. The molecule has 2 N–H and O–H groups in total. The first kappa shape index (κ1) is 10.9. The van der Waals surface area contributed by atoms with Crippen LogP contribution in [0.1, 0.15) is 20.8 Å². The number of nitrogens with two attached hydrogens (primary N) is 1. The van der Waals surface area contributed by atoms with E-state index in [1.54, 1.807) is 6.92 Å². The average Bonchev–Trinajstić information content (AvgIpc) is 1.92. The van der Waals surface area contributed by atoms with E-state index in [-0.39, 0.29) is 6.04 Å². The van der Waals surface area contributed by atoms with Crippen LogP contribution in [-0.2, 0) is 14.9 Å². The molecule has 0 saturated carbocycles. The Bertz CT molecular complexity index is 286. The minimum absolute atomic E-state index is 0.226. The van der Waals surface area contributed by atoms with Crippen LogP contribution in [0, 0.1) is 0 Å². The molecule has 0 amide bonds. The molecule has 0 spiro atoms. The molecule has 1 heterocycles. The zero-order valence-corrected chi connectivity index (χ0v) is 8.97. The van der Waals surface area contributed by atoms with Gasteiger partial charge in [-0.3, -0.25) is 0 Å². The Morgan fingerprint density at radius 1 is 1.54 bits per heavy atom. The Kier molecular flexibility index (Phi) is 2.68. The second-order valence-corrected chi connectivity index (χ2v) is 5.28. The molecular weight excluding hydrogens is 192 g/mol. The second-order valence-electron chi connectivity index (χ2n) is 3.78. The standard InChI is InChI=1S/C7H16N2O3S/c1-6-7(2,3)12-5-4-9(6)13(8,10)11/h6H,4-5H2,1-3H3,(H2,8,10,11). The summed E-state index contributed by atoms with van der Waals surface area (Å²) in [4.78, 5) is 0. The van der Waals surface area contributed by atoms with Crippen LogP contribution in [0.3, 0.4) is 0 Å². The molecule has 1 aliphatic rings. The highest BCUT2D eigenvalue weighted by molar-refractivity contribution is 7.86. The predicted molar refractivity (Wildman–Crippen MR) is 49.3 cm³/mol. The van der Waals surface area contributed by atoms with Crippen molar-refractivity contribution in [3.63, 3.8) is 0 Å². The quantitative estimate of drug-likeness (QED) is 0.642. The van der Waals surface area contributed by atoms with Crippen molar-refractivity contribution in [2.75, 3.05) is 13.2 Å². The SMILES string of the molecule is CC1N(S(N)(=O)=O)CCOC1(C)C. The number of hydrogen-bond acceptors (Lipinski definition) is 3. The first-order valence-electron chi connectivity index (χ1n) is 4.18. The lowest BCUT2D eigenvalue weighted by molar-refractivity contribution is -0.0962. The van der Waals surface area contributed by atoms with E-state index in [1.807, 2.05) is 13.8 Å². The molecule has 13 heavy (non-hydrogen) atoms. The van der Waals surface area contributed by atoms with Gasteiger partial charge in [-0.15, -0.1) is 0 Å². The molecule has 0 aromatic carbocycles. The van der Waals surface area contributed by atoms with Crippen molar-refractivity contribution in [1.82, 2.24) is 4.31 Å². The van der Waals surface area contributed by atoms with Crippen LogP contribution in [0.25, 0.3) is 0 Å². The van der Waals surface area contributed by atoms with E-state index in [9.17, 15) is 8.42 Å². The zero-order valence-electron chi connectivity index (χ0n) is 8.15. The van der Waals surface area contributed by atoms with Gasteiger partial charge in [0.1, 0.15) is 0 Å². The van der Waals surface area contributed by atoms with E-state index in [0.29, 0.717) is 13.2 Å². The van der Waals surface area contributed by atoms with Crippen molar-refractivity contribution in [2.24, 2.45) is 5.14 Å². The molecule has 5 nitrogen and oxygen atoms in total. The van der Waals surface area contributed by atoms with Crippen molar-refractivity contribution < 1.29 is 13.2 Å². The summed E-state index contributed by atoms with van der Waals surface area (Å²) in [6.45, 7) is 6.24. The van der Waals surface area contributed by atoms with Crippen LogP contribution in [0.2, 0.25) is 0 Å². The third-order valence-electron chi connectivity index (χ3n) is 2.55. The number of rotatable bonds is 1. The van der Waals surface area contributed by atoms with Crippen LogP contribution in [0.5, 0.6) is 0 Å². The molecule has 1 fully saturated rings. The topological polar surface area (TPSA) is 72.6 Å². The molecule has 78 valence electrons. The Labute approximate surface area is 79.0 Å². The fourth-order valence-corrected chi connectivity index (χ4v) is 2.43. The molecule has 0 aromatic rings. The first-order chi connectivity index (χ1) is 5.75. The van der Waals surface area contributed by atoms with Crippen LogP contribution in [-0.4, -0.2) is 37.5 Å². The van der Waals surface area contributed by atoms with E-state index in [4.69, 9.17) is 9.88 Å². The average molecular weight is 208 g/mol. The maximum absolute atomic E-state index is 11.1. The first-order valence-corrected chi connectivity index (χ1v) is 5.69. The van der Waals surface area contributed by atoms with Crippen molar-refractivity contribution in [1.29, 1.82) is 0 Å². The maximum Gasteiger partial charge on any atom is 0.277 e. The summed E-state index contributed by atoms with van der Waals surface area (Å²) in [5.41, 5.74) is -0.468. The summed E-state index contributed by atoms with van der Waals surface area (Å²) < 4.78 is 29.0. The fraction of sp³-hybridized carbons (Fsp3) is 1.00. The van der Waals surface area contributed by atoms with Crippen LogP contribution in [0.15, 0.2) is 0 Å². The highest BCUT2D eigenvalue weighted by Gasteiger charge is 2.39. The molecule has 1 aliphatic heterocycles. The Morgan fingerprint density at radius 2 is 2.08 bits per heavy atom. The highest BCUT2D eigenvalue weighted by atomic mass is 32.2. The highest BCUT2D eigenvalue weighted by Crippen LogP contribution is 2.25. The van der Waals surface area contributed by atoms with Gasteiger partial charge in [0.25, 0.3) is 10.2 Å². The Hall–Kier alpha value is -0.170. The van der Waals surface area contributed by atoms with Gasteiger partial charge in [0, 0.05) is 6.54 Å². The van der Waals surface area contributed by atoms with Gasteiger partial charge in [-0.25, -0.2) is 5.14 Å². The van der Waals surface area contributed by atoms with Gasteiger partial charge in [0.05, 0.1) is 18.2 Å². The normalized spacial score (nSPS) is 30.3. The molecular formula is C7H16N2O3S. The summed E-state index contributed by atoms with van der Waals surface area (Å²) in [7, 11) is -3.59. The summed E-state index contributed by atoms with van der Waals surface area (Å²) in [5, 5.41) is 5.06. The van der Waals surface area contributed by atoms with Gasteiger partial charge >= 0.3 is 0 Å². The van der Waals surface area contributed by atoms with Crippen molar-refractivity contribution in [3.05, 3.63) is 0 Å². The van der Waals surface area contributed by atoms with Gasteiger partial charge in [-0.2, -0.15) is 12.7 Å². The molecule has 0 aliphatic carbocycles. The largest absolute Gasteiger partial charge is 0.373 e. The third kappa shape index (κ3) is 2.19. The molecule has 6 heteroatoms. The Balaban J connectivity index is 2.90. The third-order valence-corrected chi connectivity index (χ3v) is 3.70. The van der Waals surface area contributed by atoms with Crippen LogP contribution < -0.4 is 5.14 Å². The minimum atomic E-state index is -3.59. The summed E-state index contributed by atoms with van der Waals surface area (Å²) in [5.74, 6) is 0. The van der Waals surface area contributed by atoms with Gasteiger partial charge in [0.2, 0.25) is 0 Å². The molecule has 0 aromatic heterocycles. The second kappa shape index (κ2) is 3.20. The monoisotopic (exact) mass is 208 g/mol. The summed E-state index contributed by atoms with van der Waals surface area (Å²) in [6.07, 6.45) is 0. The van der Waals surface area contributed by atoms with E-state index in [1.165, 1.54) is 4.31 Å². The van der Waals surface area contributed by atoms with Crippen molar-refractivity contribution in [3.8, 4) is 0 Å². The van der Waals surface area contributed by atoms with E-state index in [0.717, 1.165) is 0 Å². The van der Waals surface area contributed by atoms with Gasteiger partial charge < -0.3 is 4.74 Å². The molecule has 0 radical (unpaired) electrons. The minimum Gasteiger partial charge on any atom is -0.373 e. The molecule has 1 unspecified atom stereocenters. The molecule has 1 rings (SSSR count). The predicted octanol–water partition coefficient (Wildman–Crippen LogP) is -0.311. The van der Waals surface area contributed by atoms with Crippen LogP contribution >= 0.6 is 0 Å². The Morgan fingerprint density at radius 3 is 2.46 bits per heavy atom. The van der Waals surface area contributed by atoms with Crippen molar-refractivity contribution in [2.45, 2.75) is 32.4 Å². The molecule has 1 atom stereocenters. The maximum atomic E-state index is 11.1. The lowest BCUT2D eigenvalue weighted by atomic mass is 9.99. The molecule has 0 bridgehead atoms. The van der Waals surface area contributed by atoms with Gasteiger partial charge in [-0.1, -0.05) is 0 Å². The number of nitrogens with zero attached hydrogens (tertiary/aromatic N) is 1. The van der Waals surface area contributed by atoms with Gasteiger partial charge in [-0.05, 0) is 20.8 Å². The van der Waals surface area contributed by atoms with E-state index in [2.05, 4.69) is 0 Å². The molecule has 1 saturated heterocycles.